The first-order valence-electron chi connectivity index (χ1n) is 11.7. The van der Waals surface area contributed by atoms with Gasteiger partial charge in [0.25, 0.3) is 0 Å². The number of benzene rings is 2. The van der Waals surface area contributed by atoms with Crippen molar-refractivity contribution in [1.29, 1.82) is 0 Å². The molecule has 0 spiro atoms. The van der Waals surface area contributed by atoms with E-state index in [0.29, 0.717) is 6.42 Å². The summed E-state index contributed by atoms with van der Waals surface area (Å²) in [4.78, 5) is 14.6. The van der Waals surface area contributed by atoms with Crippen molar-refractivity contribution in [3.05, 3.63) is 70.8 Å². The van der Waals surface area contributed by atoms with Gasteiger partial charge in [-0.05, 0) is 60.6 Å². The highest BCUT2D eigenvalue weighted by Gasteiger charge is 2.23. The van der Waals surface area contributed by atoms with E-state index in [-0.39, 0.29) is 12.4 Å². The third kappa shape index (κ3) is 6.40. The highest BCUT2D eigenvalue weighted by atomic mass is 35.5. The minimum absolute atomic E-state index is 0. The van der Waals surface area contributed by atoms with Gasteiger partial charge in [0.05, 0.1) is 0 Å². The summed E-state index contributed by atoms with van der Waals surface area (Å²) in [6, 6.07) is 17.9. The normalized spacial score (nSPS) is 16.0. The smallest absolute Gasteiger partial charge is 0.303 e. The molecule has 5 heteroatoms. The second-order valence-corrected chi connectivity index (χ2v) is 9.69. The van der Waals surface area contributed by atoms with Crippen LogP contribution in [-0.4, -0.2) is 35.6 Å². The van der Waals surface area contributed by atoms with Crippen molar-refractivity contribution >= 4 is 35.7 Å². The Labute approximate surface area is 202 Å². The van der Waals surface area contributed by atoms with Crippen LogP contribution in [0.25, 0.3) is 5.57 Å². The van der Waals surface area contributed by atoms with Crippen LogP contribution in [0.3, 0.4) is 0 Å². The first-order chi connectivity index (χ1) is 15.2. The molecule has 0 aromatic heterocycles. The van der Waals surface area contributed by atoms with Crippen molar-refractivity contribution < 1.29 is 9.90 Å². The Morgan fingerprint density at radius 2 is 1.53 bits per heavy atom. The number of likely N-dealkylation sites (tertiary alicyclic amines) is 1. The average Bonchev–Trinajstić information content (AvgIpc) is 2.96. The number of carbonyl (C=O) groups is 1. The maximum atomic E-state index is 10.6. The van der Waals surface area contributed by atoms with Crippen LogP contribution in [0.5, 0.6) is 0 Å². The summed E-state index contributed by atoms with van der Waals surface area (Å²) >= 11 is 1.96. The fraction of sp³-hybridized carbons (Fsp3) is 0.444. The maximum Gasteiger partial charge on any atom is 0.303 e. The Bertz CT molecular complexity index is 883. The van der Waals surface area contributed by atoms with Gasteiger partial charge in [0, 0.05) is 30.2 Å². The first kappa shape index (κ1) is 24.9. The van der Waals surface area contributed by atoms with Crippen molar-refractivity contribution in [3.63, 3.8) is 0 Å². The molecule has 1 saturated heterocycles. The van der Waals surface area contributed by atoms with Crippen LogP contribution >= 0.6 is 24.2 Å². The molecule has 1 N–H and O–H groups in total. The zero-order valence-corrected chi connectivity index (χ0v) is 20.4. The largest absolute Gasteiger partial charge is 0.481 e. The summed E-state index contributed by atoms with van der Waals surface area (Å²) in [6.07, 6.45) is 8.07. The number of piperidine rings is 1. The summed E-state index contributed by atoms with van der Waals surface area (Å²) in [6.45, 7) is 3.47. The Kier molecular flexibility index (Phi) is 9.70. The molecule has 2 aromatic carbocycles. The zero-order chi connectivity index (χ0) is 21.5. The highest BCUT2D eigenvalue weighted by molar-refractivity contribution is 7.98. The second kappa shape index (κ2) is 12.5. The molecule has 0 aliphatic carbocycles. The Morgan fingerprint density at radius 1 is 0.875 bits per heavy atom. The standard InChI is InChI=1S/C27H33NO2S.ClH/c29-26(30)14-4-2-1-3-9-17-28-18-15-21(16-19-28)27-23-11-6-5-10-22(23)20-31-25-13-8-7-12-24(25)27;/h5-8,10-13H,1-4,9,14-20H2,(H,29,30);1H. The molecule has 0 bridgehead atoms. The van der Waals surface area contributed by atoms with Crippen molar-refractivity contribution in [2.24, 2.45) is 0 Å². The van der Waals surface area contributed by atoms with E-state index in [1.165, 1.54) is 46.5 Å². The fourth-order valence-corrected chi connectivity index (χ4v) is 5.87. The molecule has 2 heterocycles. The summed E-state index contributed by atoms with van der Waals surface area (Å²) < 4.78 is 0. The van der Waals surface area contributed by atoms with E-state index in [1.54, 1.807) is 5.57 Å². The molecule has 0 amide bonds. The van der Waals surface area contributed by atoms with Crippen LogP contribution in [-0.2, 0) is 10.5 Å². The lowest BCUT2D eigenvalue weighted by atomic mass is 9.86. The topological polar surface area (TPSA) is 40.5 Å². The number of unbranched alkanes of at least 4 members (excludes halogenated alkanes) is 4. The number of hydrogen-bond acceptors (Lipinski definition) is 3. The molecule has 1 fully saturated rings. The number of halogens is 1. The van der Waals surface area contributed by atoms with Crippen molar-refractivity contribution in [2.75, 3.05) is 19.6 Å². The van der Waals surface area contributed by atoms with E-state index in [9.17, 15) is 4.79 Å². The highest BCUT2D eigenvalue weighted by Crippen LogP contribution is 2.43. The number of hydrogen-bond donors (Lipinski definition) is 1. The predicted molar refractivity (Wildman–Crippen MR) is 137 cm³/mol. The average molecular weight is 472 g/mol. The summed E-state index contributed by atoms with van der Waals surface area (Å²) in [5.41, 5.74) is 7.42. The maximum absolute atomic E-state index is 10.6. The van der Waals surface area contributed by atoms with E-state index in [2.05, 4.69) is 53.4 Å². The molecule has 0 atom stereocenters. The number of carboxylic acids is 1. The van der Waals surface area contributed by atoms with Gasteiger partial charge in [-0.2, -0.15) is 0 Å². The van der Waals surface area contributed by atoms with Gasteiger partial charge in [-0.15, -0.1) is 24.2 Å². The van der Waals surface area contributed by atoms with Crippen LogP contribution in [0.1, 0.15) is 68.1 Å². The molecule has 2 aromatic rings. The number of thioether (sulfide) groups is 1. The Hall–Kier alpha value is -1.75. The van der Waals surface area contributed by atoms with Crippen LogP contribution in [0, 0.1) is 0 Å². The summed E-state index contributed by atoms with van der Waals surface area (Å²) in [5, 5.41) is 8.71. The van der Waals surface area contributed by atoms with Gasteiger partial charge in [-0.1, -0.05) is 67.3 Å². The van der Waals surface area contributed by atoms with Gasteiger partial charge in [0.1, 0.15) is 0 Å². The molecule has 0 unspecified atom stereocenters. The van der Waals surface area contributed by atoms with Crippen molar-refractivity contribution in [2.45, 2.75) is 62.0 Å². The molecular formula is C27H34ClNO2S. The Morgan fingerprint density at radius 3 is 2.31 bits per heavy atom. The number of aliphatic carboxylic acids is 1. The lowest BCUT2D eigenvalue weighted by Crippen LogP contribution is -2.32. The fourth-order valence-electron chi connectivity index (χ4n) is 4.81. The minimum atomic E-state index is -0.671. The van der Waals surface area contributed by atoms with Crippen LogP contribution in [0.2, 0.25) is 0 Å². The van der Waals surface area contributed by atoms with Gasteiger partial charge >= 0.3 is 5.97 Å². The quantitative estimate of drug-likeness (QED) is 0.419. The van der Waals surface area contributed by atoms with Gasteiger partial charge in [-0.3, -0.25) is 4.79 Å². The second-order valence-electron chi connectivity index (χ2n) is 8.67. The van der Waals surface area contributed by atoms with Crippen LogP contribution in [0.15, 0.2) is 59.0 Å². The molecule has 0 saturated carbocycles. The lowest BCUT2D eigenvalue weighted by Gasteiger charge is -2.30. The van der Waals surface area contributed by atoms with Gasteiger partial charge in [0.15, 0.2) is 0 Å². The molecule has 2 aliphatic rings. The van der Waals surface area contributed by atoms with Gasteiger partial charge < -0.3 is 10.0 Å². The molecule has 0 radical (unpaired) electrons. The third-order valence-corrected chi connectivity index (χ3v) is 7.63. The van der Waals surface area contributed by atoms with Crippen LogP contribution in [0.4, 0.5) is 0 Å². The third-order valence-electron chi connectivity index (χ3n) is 6.50. The number of fused-ring (bicyclic) bond motifs is 2. The van der Waals surface area contributed by atoms with E-state index in [1.807, 2.05) is 11.8 Å². The zero-order valence-electron chi connectivity index (χ0n) is 18.7. The first-order valence-corrected chi connectivity index (χ1v) is 12.7. The van der Waals surface area contributed by atoms with E-state index < -0.39 is 5.97 Å². The monoisotopic (exact) mass is 471 g/mol. The van der Waals surface area contributed by atoms with Crippen molar-refractivity contribution in [3.8, 4) is 0 Å². The van der Waals surface area contributed by atoms with Crippen molar-refractivity contribution in [1.82, 2.24) is 4.90 Å². The van der Waals surface area contributed by atoms with Crippen LogP contribution < -0.4 is 0 Å². The molecule has 32 heavy (non-hydrogen) atoms. The summed E-state index contributed by atoms with van der Waals surface area (Å²) in [7, 11) is 0. The van der Waals surface area contributed by atoms with E-state index in [4.69, 9.17) is 5.11 Å². The predicted octanol–water partition coefficient (Wildman–Crippen LogP) is 7.04. The van der Waals surface area contributed by atoms with E-state index in [0.717, 1.165) is 50.9 Å². The molecular weight excluding hydrogens is 438 g/mol. The SMILES string of the molecule is Cl.O=C(O)CCCCCCCN1CCC(=C2c3ccccc3CSc3ccccc32)CC1. The number of nitrogens with zero attached hydrogens (tertiary/aromatic N) is 1. The summed E-state index contributed by atoms with van der Waals surface area (Å²) in [5.74, 6) is 0.374. The molecule has 3 nitrogen and oxygen atoms in total. The van der Waals surface area contributed by atoms with Gasteiger partial charge in [-0.25, -0.2) is 0 Å². The minimum Gasteiger partial charge on any atom is -0.481 e. The molecule has 2 aliphatic heterocycles. The molecule has 172 valence electrons. The lowest BCUT2D eigenvalue weighted by molar-refractivity contribution is -0.137. The Balaban J connectivity index is 0.00000289. The molecule has 4 rings (SSSR count). The van der Waals surface area contributed by atoms with Gasteiger partial charge in [0.2, 0.25) is 0 Å². The number of carboxylic acid groups (broad SMARTS) is 1. The van der Waals surface area contributed by atoms with E-state index >= 15 is 0 Å². The number of rotatable bonds is 8.